The second kappa shape index (κ2) is 12.2. The van der Waals surface area contributed by atoms with E-state index in [1.165, 1.54) is 0 Å². The van der Waals surface area contributed by atoms with Crippen molar-refractivity contribution in [2.24, 2.45) is 4.99 Å². The van der Waals surface area contributed by atoms with Crippen LogP contribution in [0, 0.1) is 6.92 Å². The second-order valence-electron chi connectivity index (χ2n) is 5.94. The Hall–Kier alpha value is -1.37. The average molecular weight is 530 g/mol. The quantitative estimate of drug-likeness (QED) is 0.224. The highest BCUT2D eigenvalue weighted by Gasteiger charge is 2.33. The molecule has 0 amide bonds. The van der Waals surface area contributed by atoms with E-state index in [-0.39, 0.29) is 24.0 Å². The first-order valence-corrected chi connectivity index (χ1v) is 9.79. The van der Waals surface area contributed by atoms with Gasteiger partial charge < -0.3 is 15.2 Å². The van der Waals surface area contributed by atoms with Crippen molar-refractivity contribution in [3.63, 3.8) is 0 Å². The molecule has 28 heavy (non-hydrogen) atoms. The van der Waals surface area contributed by atoms with Gasteiger partial charge in [0.1, 0.15) is 5.82 Å². The molecule has 0 spiro atoms. The smallest absolute Gasteiger partial charge is 0.357 e. The van der Waals surface area contributed by atoms with Crippen LogP contribution in [0.1, 0.15) is 36.3 Å². The molecule has 0 saturated heterocycles. The number of imidazole rings is 1. The Kier molecular flexibility index (Phi) is 10.8. The molecule has 0 bridgehead atoms. The Morgan fingerprint density at radius 2 is 2.07 bits per heavy atom. The number of aryl methyl sites for hydroxylation is 2. The molecule has 0 aliphatic rings. The van der Waals surface area contributed by atoms with Gasteiger partial charge in [0.05, 0.1) is 5.01 Å². The number of aliphatic imine (C=N–C) groups is 1. The molecule has 0 aliphatic carbocycles. The largest absolute Gasteiger partial charge is 0.434 e. The molecule has 0 aliphatic heterocycles. The van der Waals surface area contributed by atoms with E-state index in [1.54, 1.807) is 6.20 Å². The van der Waals surface area contributed by atoms with Gasteiger partial charge in [-0.25, -0.2) is 9.97 Å². The fourth-order valence-electron chi connectivity index (χ4n) is 2.41. The number of alkyl halides is 3. The van der Waals surface area contributed by atoms with Gasteiger partial charge in [0.25, 0.3) is 0 Å². The van der Waals surface area contributed by atoms with E-state index in [4.69, 9.17) is 0 Å². The fourth-order valence-corrected chi connectivity index (χ4v) is 3.22. The molecule has 0 atom stereocenters. The lowest BCUT2D eigenvalue weighted by Crippen LogP contribution is -2.38. The van der Waals surface area contributed by atoms with Crippen LogP contribution in [-0.2, 0) is 19.1 Å². The highest BCUT2D eigenvalue weighted by molar-refractivity contribution is 14.0. The zero-order chi connectivity index (χ0) is 19.7. The Bertz CT molecular complexity index is 729. The predicted molar refractivity (Wildman–Crippen MR) is 116 cm³/mol. The van der Waals surface area contributed by atoms with Crippen LogP contribution in [0.4, 0.5) is 13.2 Å². The summed E-state index contributed by atoms with van der Waals surface area (Å²) in [5.74, 6) is 1.67. The van der Waals surface area contributed by atoms with Gasteiger partial charge in [-0.1, -0.05) is 0 Å². The summed E-state index contributed by atoms with van der Waals surface area (Å²) in [4.78, 5) is 12.3. The van der Waals surface area contributed by atoms with Crippen molar-refractivity contribution in [1.82, 2.24) is 25.2 Å². The molecule has 0 fully saturated rings. The van der Waals surface area contributed by atoms with Gasteiger partial charge in [0.15, 0.2) is 11.7 Å². The molecule has 6 nitrogen and oxygen atoms in total. The summed E-state index contributed by atoms with van der Waals surface area (Å²) in [7, 11) is 0. The van der Waals surface area contributed by atoms with Crippen LogP contribution in [0.25, 0.3) is 0 Å². The number of hydrogen-bond acceptors (Lipinski definition) is 4. The van der Waals surface area contributed by atoms with E-state index in [1.807, 2.05) is 20.0 Å². The molecule has 2 aromatic heterocycles. The topological polar surface area (TPSA) is 67.1 Å². The summed E-state index contributed by atoms with van der Waals surface area (Å²) < 4.78 is 39.8. The summed E-state index contributed by atoms with van der Waals surface area (Å²) >= 11 is 1.03. The molecule has 0 aromatic carbocycles. The Labute approximate surface area is 184 Å². The van der Waals surface area contributed by atoms with Crippen molar-refractivity contribution < 1.29 is 13.2 Å². The molecular weight excluding hydrogens is 504 g/mol. The standard InChI is InChI=1S/C17H25F3N6S.HI/c1-3-21-16(23-7-4-5-10-26-11-9-22-13(26)2)24-8-6-15-25-14(12-27-15)17(18,19)20;/h9,11-12H,3-8,10H2,1-2H3,(H2,21,23,24);1H. The van der Waals surface area contributed by atoms with Crippen LogP contribution >= 0.6 is 35.3 Å². The van der Waals surface area contributed by atoms with Crippen LogP contribution < -0.4 is 10.6 Å². The van der Waals surface area contributed by atoms with Crippen molar-refractivity contribution in [2.75, 3.05) is 19.6 Å². The lowest BCUT2D eigenvalue weighted by Gasteiger charge is -2.10. The van der Waals surface area contributed by atoms with Crippen molar-refractivity contribution in [1.29, 1.82) is 0 Å². The highest BCUT2D eigenvalue weighted by atomic mass is 127. The summed E-state index contributed by atoms with van der Waals surface area (Å²) in [6.07, 6.45) is 1.74. The number of nitrogens with one attached hydrogen (secondary N) is 2. The molecule has 0 unspecified atom stereocenters. The molecule has 2 heterocycles. The normalized spacial score (nSPS) is 12.0. The van der Waals surface area contributed by atoms with Crippen LogP contribution in [0.5, 0.6) is 0 Å². The molecule has 0 saturated carbocycles. The zero-order valence-electron chi connectivity index (χ0n) is 15.9. The molecule has 2 N–H and O–H groups in total. The summed E-state index contributed by atoms with van der Waals surface area (Å²) in [6.45, 7) is 6.73. The number of guanidine groups is 1. The minimum absolute atomic E-state index is 0. The van der Waals surface area contributed by atoms with Gasteiger partial charge in [-0.15, -0.1) is 35.3 Å². The number of thiazole rings is 1. The third-order valence-corrected chi connectivity index (χ3v) is 4.73. The molecule has 2 rings (SSSR count). The minimum Gasteiger partial charge on any atom is -0.357 e. The maximum absolute atomic E-state index is 12.6. The lowest BCUT2D eigenvalue weighted by molar-refractivity contribution is -0.140. The van der Waals surface area contributed by atoms with Crippen molar-refractivity contribution in [3.05, 3.63) is 34.3 Å². The third kappa shape index (κ3) is 8.33. The van der Waals surface area contributed by atoms with Crippen LogP contribution in [0.2, 0.25) is 0 Å². The maximum Gasteiger partial charge on any atom is 0.434 e. The Morgan fingerprint density at radius 3 is 2.68 bits per heavy atom. The van der Waals surface area contributed by atoms with Gasteiger partial charge >= 0.3 is 6.18 Å². The molecular formula is C17H26F3IN6S. The molecule has 2 aromatic rings. The van der Waals surface area contributed by atoms with E-state index >= 15 is 0 Å². The highest BCUT2D eigenvalue weighted by Crippen LogP contribution is 2.29. The average Bonchev–Trinajstić information content (AvgIpc) is 3.23. The summed E-state index contributed by atoms with van der Waals surface area (Å²) in [6, 6.07) is 0. The summed E-state index contributed by atoms with van der Waals surface area (Å²) in [5, 5.41) is 7.79. The van der Waals surface area contributed by atoms with E-state index in [9.17, 15) is 13.2 Å². The predicted octanol–water partition coefficient (Wildman–Crippen LogP) is 3.86. The fraction of sp³-hybridized carbons (Fsp3) is 0.588. The zero-order valence-corrected chi connectivity index (χ0v) is 19.1. The molecule has 11 heteroatoms. The SMILES string of the molecule is CCNC(=NCCCCn1ccnc1C)NCCc1nc(C(F)(F)F)cs1.I. The van der Waals surface area contributed by atoms with Gasteiger partial charge in [-0.3, -0.25) is 4.99 Å². The maximum atomic E-state index is 12.6. The first-order chi connectivity index (χ1) is 12.9. The number of nitrogens with zero attached hydrogens (tertiary/aromatic N) is 4. The lowest BCUT2D eigenvalue weighted by atomic mass is 10.3. The Morgan fingerprint density at radius 1 is 1.29 bits per heavy atom. The van der Waals surface area contributed by atoms with E-state index in [0.29, 0.717) is 30.5 Å². The van der Waals surface area contributed by atoms with Crippen LogP contribution in [0.15, 0.2) is 22.8 Å². The second-order valence-corrected chi connectivity index (χ2v) is 6.88. The number of rotatable bonds is 9. The van der Waals surface area contributed by atoms with Crippen molar-refractivity contribution in [2.45, 2.75) is 45.8 Å². The van der Waals surface area contributed by atoms with Crippen LogP contribution in [-0.4, -0.2) is 40.1 Å². The van der Waals surface area contributed by atoms with Crippen LogP contribution in [0.3, 0.4) is 0 Å². The van der Waals surface area contributed by atoms with E-state index < -0.39 is 11.9 Å². The van der Waals surface area contributed by atoms with E-state index in [2.05, 4.69) is 30.2 Å². The molecule has 158 valence electrons. The summed E-state index contributed by atoms with van der Waals surface area (Å²) in [5.41, 5.74) is -0.823. The number of halogens is 4. The van der Waals surface area contributed by atoms with Crippen molar-refractivity contribution in [3.8, 4) is 0 Å². The van der Waals surface area contributed by atoms with Crippen molar-refractivity contribution >= 4 is 41.3 Å². The van der Waals surface area contributed by atoms with Gasteiger partial charge in [0, 0.05) is 50.4 Å². The number of unbranched alkanes of at least 4 members (excludes halogenated alkanes) is 1. The minimum atomic E-state index is -4.38. The Balaban J connectivity index is 0.00000392. The monoisotopic (exact) mass is 530 g/mol. The first kappa shape index (κ1) is 24.7. The van der Waals surface area contributed by atoms with Gasteiger partial charge in [0.2, 0.25) is 0 Å². The van der Waals surface area contributed by atoms with Gasteiger partial charge in [-0.05, 0) is 26.7 Å². The van der Waals surface area contributed by atoms with Gasteiger partial charge in [-0.2, -0.15) is 13.2 Å². The number of aromatic nitrogens is 3. The third-order valence-electron chi connectivity index (χ3n) is 3.82. The first-order valence-electron chi connectivity index (χ1n) is 8.91. The van der Waals surface area contributed by atoms with E-state index in [0.717, 1.165) is 48.5 Å². The molecule has 0 radical (unpaired) electrons. The number of hydrogen-bond donors (Lipinski definition) is 2.